The second-order valence-electron chi connectivity index (χ2n) is 3.64. The number of nitriles is 1. The molecule has 0 aliphatic rings. The molecule has 0 saturated heterocycles. The third-order valence-corrected chi connectivity index (χ3v) is 2.98. The van der Waals surface area contributed by atoms with E-state index in [2.05, 4.69) is 10.3 Å². The number of aliphatic imine (C=N–C) groups is 1. The minimum Gasteiger partial charge on any atom is -0.370 e. The topological polar surface area (TPSA) is 172 Å². The predicted molar refractivity (Wildman–Crippen MR) is 83.1 cm³/mol. The molecule has 0 aliphatic heterocycles. The van der Waals surface area contributed by atoms with E-state index >= 15 is 0 Å². The lowest BCUT2D eigenvalue weighted by atomic mass is 10.2. The molecule has 6 N–H and O–H groups in total. The highest BCUT2D eigenvalue weighted by Gasteiger charge is 2.04. The number of nitrogens with one attached hydrogen (secondary N) is 1. The van der Waals surface area contributed by atoms with Gasteiger partial charge in [0.05, 0.1) is 16.3 Å². The molecule has 0 radical (unpaired) electrons. The van der Waals surface area contributed by atoms with Crippen molar-refractivity contribution in [1.82, 2.24) is 0 Å². The first-order valence-electron chi connectivity index (χ1n) is 5.64. The van der Waals surface area contributed by atoms with Crippen molar-refractivity contribution >= 4 is 39.4 Å². The van der Waals surface area contributed by atoms with Crippen LogP contribution in [0.25, 0.3) is 0 Å². The minimum absolute atomic E-state index is 0.201. The van der Waals surface area contributed by atoms with Crippen LogP contribution in [-0.4, -0.2) is 30.7 Å². The van der Waals surface area contributed by atoms with Crippen molar-refractivity contribution in [3.05, 3.63) is 28.8 Å². The largest absolute Gasteiger partial charge is 0.370 e. The van der Waals surface area contributed by atoms with Crippen LogP contribution >= 0.6 is 11.6 Å². The summed E-state index contributed by atoms with van der Waals surface area (Å²) in [5, 5.41) is 11.3. The van der Waals surface area contributed by atoms with Crippen LogP contribution in [0.5, 0.6) is 0 Å². The first-order valence-corrected chi connectivity index (χ1v) is 7.63. The zero-order valence-electron chi connectivity index (χ0n) is 11.4. The number of benzene rings is 1. The maximum atomic E-state index is 11.1. The van der Waals surface area contributed by atoms with Crippen LogP contribution in [-0.2, 0) is 10.1 Å². The monoisotopic (exact) mass is 347 g/mol. The van der Waals surface area contributed by atoms with Crippen LogP contribution in [0.4, 0.5) is 10.5 Å². The summed E-state index contributed by atoms with van der Waals surface area (Å²) in [7, 11) is -3.66. The summed E-state index contributed by atoms with van der Waals surface area (Å²) >= 11 is 5.76. The van der Waals surface area contributed by atoms with Gasteiger partial charge < -0.3 is 16.8 Å². The Labute approximate surface area is 132 Å². The van der Waals surface area contributed by atoms with E-state index in [1.165, 1.54) is 25.1 Å². The molecule has 0 unspecified atom stereocenters. The van der Waals surface area contributed by atoms with Gasteiger partial charge in [-0.1, -0.05) is 11.6 Å². The fourth-order valence-corrected chi connectivity index (χ4v) is 1.18. The second kappa shape index (κ2) is 8.83. The molecule has 0 spiro atoms. The molecule has 1 aromatic carbocycles. The second-order valence-corrected chi connectivity index (χ2v) is 5.79. The van der Waals surface area contributed by atoms with Gasteiger partial charge in [-0.15, -0.1) is 0 Å². The van der Waals surface area contributed by atoms with E-state index in [-0.39, 0.29) is 16.7 Å². The van der Waals surface area contributed by atoms with Crippen molar-refractivity contribution in [1.29, 1.82) is 5.26 Å². The van der Waals surface area contributed by atoms with Crippen LogP contribution in [0.3, 0.4) is 0 Å². The summed E-state index contributed by atoms with van der Waals surface area (Å²) in [5.41, 5.74) is 10.8. The Morgan fingerprint density at radius 2 is 2.05 bits per heavy atom. The molecule has 0 heterocycles. The molecule has 1 rings (SSSR count). The number of amides is 2. The molecule has 0 atom stereocenters. The summed E-state index contributed by atoms with van der Waals surface area (Å²) in [4.78, 5) is 14.4. The molecule has 22 heavy (non-hydrogen) atoms. The van der Waals surface area contributed by atoms with Gasteiger partial charge in [0.15, 0.2) is 5.96 Å². The van der Waals surface area contributed by atoms with Crippen LogP contribution in [0.2, 0.25) is 5.02 Å². The fourth-order valence-electron chi connectivity index (χ4n) is 0.952. The van der Waals surface area contributed by atoms with Gasteiger partial charge in [0.2, 0.25) is 0 Å². The van der Waals surface area contributed by atoms with Gasteiger partial charge in [-0.25, -0.2) is 4.79 Å². The van der Waals surface area contributed by atoms with Gasteiger partial charge in [-0.05, 0) is 25.1 Å². The number of hydrogen-bond donors (Lipinski definition) is 4. The summed E-state index contributed by atoms with van der Waals surface area (Å²) in [6.45, 7) is 1.37. The number of guanidine groups is 1. The predicted octanol–water partition coefficient (Wildman–Crippen LogP) is 0.911. The summed E-state index contributed by atoms with van der Waals surface area (Å²) < 4.78 is 26.9. The summed E-state index contributed by atoms with van der Waals surface area (Å²) in [6, 6.07) is 5.62. The molecule has 0 aliphatic carbocycles. The van der Waals surface area contributed by atoms with Crippen molar-refractivity contribution < 1.29 is 17.8 Å². The smallest absolute Gasteiger partial charge is 0.348 e. The Balaban J connectivity index is 0.000000626. The lowest BCUT2D eigenvalue weighted by Crippen LogP contribution is -2.25. The molecule has 120 valence electrons. The average molecular weight is 348 g/mol. The summed E-state index contributed by atoms with van der Waals surface area (Å²) in [6.07, 6.45) is 0. The standard InChI is InChI=1S/C9H8ClN5O.C2H6O3S/c10-7-3-6(2-1-5(7)4-11)14-9(16)15-8(12)13;1-2-6(3,4)5/h1-3H,(H5,12,13,14,15,16);2H2,1H3,(H,3,4,5). The molecular weight excluding hydrogens is 334 g/mol. The first-order chi connectivity index (χ1) is 10.1. The van der Waals surface area contributed by atoms with E-state index in [4.69, 9.17) is 32.9 Å². The Hall–Kier alpha value is -2.35. The zero-order valence-corrected chi connectivity index (χ0v) is 13.0. The van der Waals surface area contributed by atoms with E-state index in [0.29, 0.717) is 11.3 Å². The van der Waals surface area contributed by atoms with Crippen LogP contribution in [0.1, 0.15) is 12.5 Å². The molecule has 11 heteroatoms. The maximum Gasteiger partial charge on any atom is 0.348 e. The first kappa shape index (κ1) is 19.7. The molecule has 0 saturated carbocycles. The van der Waals surface area contributed by atoms with E-state index in [1.54, 1.807) is 0 Å². The van der Waals surface area contributed by atoms with E-state index < -0.39 is 16.1 Å². The molecular formula is C11H14ClN5O4S. The number of urea groups is 1. The van der Waals surface area contributed by atoms with Gasteiger partial charge in [0.1, 0.15) is 6.07 Å². The maximum absolute atomic E-state index is 11.1. The van der Waals surface area contributed by atoms with Crippen molar-refractivity contribution in [2.75, 3.05) is 11.1 Å². The van der Waals surface area contributed by atoms with Crippen LogP contribution in [0.15, 0.2) is 23.2 Å². The number of anilines is 1. The Morgan fingerprint density at radius 1 is 1.50 bits per heavy atom. The Kier molecular flexibility index (Phi) is 7.89. The normalized spacial score (nSPS) is 9.73. The number of hydrogen-bond acceptors (Lipinski definition) is 4. The highest BCUT2D eigenvalue weighted by molar-refractivity contribution is 7.85. The quantitative estimate of drug-likeness (QED) is 0.349. The van der Waals surface area contributed by atoms with Crippen LogP contribution in [0, 0.1) is 11.3 Å². The number of rotatable bonds is 2. The highest BCUT2D eigenvalue weighted by Crippen LogP contribution is 2.20. The third kappa shape index (κ3) is 8.75. The molecule has 1 aromatic rings. The SMILES string of the molecule is CCS(=O)(=O)O.N#Cc1ccc(NC(=O)N=C(N)N)cc1Cl. The molecule has 0 fully saturated rings. The van der Waals surface area contributed by atoms with Gasteiger partial charge >= 0.3 is 6.03 Å². The van der Waals surface area contributed by atoms with Crippen molar-refractivity contribution in [3.63, 3.8) is 0 Å². The van der Waals surface area contributed by atoms with Crippen molar-refractivity contribution in [2.24, 2.45) is 16.5 Å². The number of nitrogens with zero attached hydrogens (tertiary/aromatic N) is 2. The van der Waals surface area contributed by atoms with Gasteiger partial charge in [0.25, 0.3) is 10.1 Å². The van der Waals surface area contributed by atoms with E-state index in [9.17, 15) is 13.2 Å². The molecule has 0 aromatic heterocycles. The lowest BCUT2D eigenvalue weighted by Gasteiger charge is -2.02. The lowest BCUT2D eigenvalue weighted by molar-refractivity contribution is 0.259. The number of carbonyl (C=O) groups is 1. The van der Waals surface area contributed by atoms with E-state index in [0.717, 1.165) is 0 Å². The van der Waals surface area contributed by atoms with Crippen molar-refractivity contribution in [3.8, 4) is 6.07 Å². The van der Waals surface area contributed by atoms with Gasteiger partial charge in [-0.3, -0.25) is 4.55 Å². The van der Waals surface area contributed by atoms with Crippen molar-refractivity contribution in [2.45, 2.75) is 6.92 Å². The third-order valence-electron chi connectivity index (χ3n) is 1.94. The van der Waals surface area contributed by atoms with Gasteiger partial charge in [0, 0.05) is 5.69 Å². The minimum atomic E-state index is -3.66. The Bertz CT molecular complexity index is 708. The molecule has 2 amide bonds. The Morgan fingerprint density at radius 3 is 2.41 bits per heavy atom. The van der Waals surface area contributed by atoms with E-state index in [1.807, 2.05) is 6.07 Å². The number of nitrogens with two attached hydrogens (primary N) is 2. The highest BCUT2D eigenvalue weighted by atomic mass is 35.5. The summed E-state index contributed by atoms with van der Waals surface area (Å²) in [5.74, 6) is -0.537. The molecule has 0 bridgehead atoms. The van der Waals surface area contributed by atoms with Crippen LogP contribution < -0.4 is 16.8 Å². The zero-order chi connectivity index (χ0) is 17.3. The molecule has 9 nitrogen and oxygen atoms in total. The van der Waals surface area contributed by atoms with Gasteiger partial charge in [-0.2, -0.15) is 18.7 Å². The average Bonchev–Trinajstić information content (AvgIpc) is 2.37. The number of halogens is 1. The fraction of sp³-hybridized carbons (Fsp3) is 0.182. The number of carbonyl (C=O) groups excluding carboxylic acids is 1.